The second-order valence-corrected chi connectivity index (χ2v) is 6.24. The highest BCUT2D eigenvalue weighted by Gasteiger charge is 2.16. The Hall–Kier alpha value is -1.00. The van der Waals surface area contributed by atoms with Crippen molar-refractivity contribution in [3.05, 3.63) is 35.4 Å². The first-order valence-electron chi connectivity index (χ1n) is 7.97. The van der Waals surface area contributed by atoms with Crippen molar-refractivity contribution in [2.45, 2.75) is 39.2 Å². The highest BCUT2D eigenvalue weighted by Crippen LogP contribution is 2.19. The summed E-state index contributed by atoms with van der Waals surface area (Å²) in [7, 11) is 0. The third-order valence-corrected chi connectivity index (χ3v) is 4.24. The standard InChI is InChI=1S/C17H26F2N2/c1-13(12-21-9-4-3-5-10-21)11-20-14(2)15-7-6-8-16(18)17(15)19/h6-8,13-14,20H,3-5,9-12H2,1-2H3. The second-order valence-electron chi connectivity index (χ2n) is 6.24. The van der Waals surface area contributed by atoms with Crippen LogP contribution in [-0.2, 0) is 0 Å². The van der Waals surface area contributed by atoms with Crippen LogP contribution < -0.4 is 5.32 Å². The van der Waals surface area contributed by atoms with Gasteiger partial charge in [-0.2, -0.15) is 0 Å². The Kier molecular flexibility index (Phi) is 6.12. The molecule has 2 unspecified atom stereocenters. The Morgan fingerprint density at radius 1 is 1.14 bits per heavy atom. The number of hydrogen-bond donors (Lipinski definition) is 1. The van der Waals surface area contributed by atoms with Gasteiger partial charge in [-0.05, 0) is 51.4 Å². The smallest absolute Gasteiger partial charge is 0.163 e. The average Bonchev–Trinajstić information content (AvgIpc) is 2.48. The van der Waals surface area contributed by atoms with Crippen LogP contribution in [0, 0.1) is 17.6 Å². The van der Waals surface area contributed by atoms with Crippen molar-refractivity contribution in [2.75, 3.05) is 26.2 Å². The Balaban J connectivity index is 1.80. The van der Waals surface area contributed by atoms with E-state index in [1.165, 1.54) is 32.4 Å². The molecule has 118 valence electrons. The van der Waals surface area contributed by atoms with Gasteiger partial charge in [0.1, 0.15) is 0 Å². The van der Waals surface area contributed by atoms with Gasteiger partial charge in [0.15, 0.2) is 11.6 Å². The quantitative estimate of drug-likeness (QED) is 0.860. The number of nitrogens with one attached hydrogen (secondary N) is 1. The summed E-state index contributed by atoms with van der Waals surface area (Å²) in [6.07, 6.45) is 3.94. The molecule has 0 saturated carbocycles. The van der Waals surface area contributed by atoms with Gasteiger partial charge >= 0.3 is 0 Å². The largest absolute Gasteiger partial charge is 0.310 e. The van der Waals surface area contributed by atoms with Crippen LogP contribution in [0.2, 0.25) is 0 Å². The van der Waals surface area contributed by atoms with Gasteiger partial charge in [-0.3, -0.25) is 0 Å². The van der Waals surface area contributed by atoms with Crippen molar-refractivity contribution >= 4 is 0 Å². The minimum Gasteiger partial charge on any atom is -0.310 e. The molecule has 2 rings (SSSR count). The number of piperidine rings is 1. The molecule has 0 spiro atoms. The lowest BCUT2D eigenvalue weighted by molar-refractivity contribution is 0.197. The molecule has 0 aromatic heterocycles. The maximum absolute atomic E-state index is 13.7. The number of benzene rings is 1. The summed E-state index contributed by atoms with van der Waals surface area (Å²) in [5, 5.41) is 3.32. The lowest BCUT2D eigenvalue weighted by Crippen LogP contribution is -2.37. The maximum atomic E-state index is 13.7. The van der Waals surface area contributed by atoms with Gasteiger partial charge in [-0.15, -0.1) is 0 Å². The molecule has 1 N–H and O–H groups in total. The lowest BCUT2D eigenvalue weighted by atomic mass is 10.0. The molecule has 1 aromatic carbocycles. The molecule has 1 fully saturated rings. The van der Waals surface area contributed by atoms with E-state index in [2.05, 4.69) is 17.1 Å². The molecule has 1 saturated heterocycles. The Morgan fingerprint density at radius 2 is 1.86 bits per heavy atom. The average molecular weight is 296 g/mol. The molecule has 2 nitrogen and oxygen atoms in total. The van der Waals surface area contributed by atoms with E-state index in [9.17, 15) is 8.78 Å². The van der Waals surface area contributed by atoms with E-state index in [1.807, 2.05) is 6.92 Å². The predicted octanol–water partition coefficient (Wildman–Crippen LogP) is 3.74. The van der Waals surface area contributed by atoms with Gasteiger partial charge in [-0.25, -0.2) is 8.78 Å². The van der Waals surface area contributed by atoms with E-state index in [4.69, 9.17) is 0 Å². The fourth-order valence-corrected chi connectivity index (χ4v) is 2.99. The zero-order chi connectivity index (χ0) is 15.2. The van der Waals surface area contributed by atoms with Crippen LogP contribution >= 0.6 is 0 Å². The minimum atomic E-state index is -0.775. The zero-order valence-corrected chi connectivity index (χ0v) is 13.0. The number of halogens is 2. The number of hydrogen-bond acceptors (Lipinski definition) is 2. The maximum Gasteiger partial charge on any atom is 0.163 e. The minimum absolute atomic E-state index is 0.176. The van der Waals surface area contributed by atoms with Crippen LogP contribution in [0.3, 0.4) is 0 Å². The van der Waals surface area contributed by atoms with E-state index < -0.39 is 11.6 Å². The fourth-order valence-electron chi connectivity index (χ4n) is 2.99. The van der Waals surface area contributed by atoms with Crippen molar-refractivity contribution in [2.24, 2.45) is 5.92 Å². The summed E-state index contributed by atoms with van der Waals surface area (Å²) in [5.41, 5.74) is 0.403. The van der Waals surface area contributed by atoms with Crippen molar-refractivity contribution in [3.8, 4) is 0 Å². The van der Waals surface area contributed by atoms with Crippen LogP contribution in [0.25, 0.3) is 0 Å². The molecular formula is C17H26F2N2. The van der Waals surface area contributed by atoms with Gasteiger partial charge in [0.25, 0.3) is 0 Å². The van der Waals surface area contributed by atoms with Crippen LogP contribution in [0.5, 0.6) is 0 Å². The number of likely N-dealkylation sites (tertiary alicyclic amines) is 1. The molecule has 0 radical (unpaired) electrons. The van der Waals surface area contributed by atoms with Gasteiger partial charge in [-0.1, -0.05) is 25.5 Å². The van der Waals surface area contributed by atoms with E-state index in [1.54, 1.807) is 12.1 Å². The van der Waals surface area contributed by atoms with Crippen molar-refractivity contribution in [3.63, 3.8) is 0 Å². The first-order valence-corrected chi connectivity index (χ1v) is 7.97. The van der Waals surface area contributed by atoms with Crippen molar-refractivity contribution < 1.29 is 8.78 Å². The van der Waals surface area contributed by atoms with Gasteiger partial charge < -0.3 is 10.2 Å². The molecule has 1 aliphatic heterocycles. The number of nitrogens with zero attached hydrogens (tertiary/aromatic N) is 1. The highest BCUT2D eigenvalue weighted by atomic mass is 19.2. The van der Waals surface area contributed by atoms with Crippen molar-refractivity contribution in [1.29, 1.82) is 0 Å². The third-order valence-electron chi connectivity index (χ3n) is 4.24. The van der Waals surface area contributed by atoms with Crippen LogP contribution in [0.4, 0.5) is 8.78 Å². The van der Waals surface area contributed by atoms with Crippen LogP contribution in [-0.4, -0.2) is 31.1 Å². The summed E-state index contributed by atoms with van der Waals surface area (Å²) in [6.45, 7) is 8.36. The molecule has 1 heterocycles. The second kappa shape index (κ2) is 7.85. The SMILES string of the molecule is CC(CNC(C)c1cccc(F)c1F)CN1CCCCC1. The zero-order valence-electron chi connectivity index (χ0n) is 13.0. The van der Waals surface area contributed by atoms with Crippen LogP contribution in [0.15, 0.2) is 18.2 Å². The predicted molar refractivity (Wildman–Crippen MR) is 82.2 cm³/mol. The summed E-state index contributed by atoms with van der Waals surface area (Å²) in [6, 6.07) is 4.18. The first-order chi connectivity index (χ1) is 10.1. The molecule has 0 bridgehead atoms. The molecular weight excluding hydrogens is 270 g/mol. The fraction of sp³-hybridized carbons (Fsp3) is 0.647. The van der Waals surface area contributed by atoms with Crippen LogP contribution in [0.1, 0.15) is 44.7 Å². The van der Waals surface area contributed by atoms with E-state index in [0.717, 1.165) is 19.2 Å². The summed E-state index contributed by atoms with van der Waals surface area (Å²) >= 11 is 0. The molecule has 21 heavy (non-hydrogen) atoms. The third kappa shape index (κ3) is 4.75. The highest BCUT2D eigenvalue weighted by molar-refractivity contribution is 5.21. The number of rotatable bonds is 6. The summed E-state index contributed by atoms with van der Waals surface area (Å²) in [4.78, 5) is 2.50. The molecule has 2 atom stereocenters. The van der Waals surface area contributed by atoms with E-state index in [-0.39, 0.29) is 6.04 Å². The normalized spacial score (nSPS) is 19.4. The molecule has 1 aliphatic rings. The van der Waals surface area contributed by atoms with E-state index in [0.29, 0.717) is 11.5 Å². The van der Waals surface area contributed by atoms with Gasteiger partial charge in [0.2, 0.25) is 0 Å². The van der Waals surface area contributed by atoms with Gasteiger partial charge in [0, 0.05) is 18.2 Å². The van der Waals surface area contributed by atoms with Gasteiger partial charge in [0.05, 0.1) is 0 Å². The molecule has 1 aromatic rings. The molecule has 0 amide bonds. The van der Waals surface area contributed by atoms with Crippen molar-refractivity contribution in [1.82, 2.24) is 10.2 Å². The lowest BCUT2D eigenvalue weighted by Gasteiger charge is -2.29. The van der Waals surface area contributed by atoms with E-state index >= 15 is 0 Å². The first kappa shape index (κ1) is 16.4. The Bertz CT molecular complexity index is 444. The topological polar surface area (TPSA) is 15.3 Å². The Morgan fingerprint density at radius 3 is 2.57 bits per heavy atom. The molecule has 4 heteroatoms. The Labute approximate surface area is 126 Å². The summed E-state index contributed by atoms with van der Waals surface area (Å²) in [5.74, 6) is -1.01. The summed E-state index contributed by atoms with van der Waals surface area (Å²) < 4.78 is 27.0. The molecule has 0 aliphatic carbocycles. The monoisotopic (exact) mass is 296 g/mol.